The molecular formula is C20H23NO3. The number of nitrogens with one attached hydrogen (secondary N) is 1. The molecule has 0 spiro atoms. The third-order valence-corrected chi connectivity index (χ3v) is 4.37. The van der Waals surface area contributed by atoms with Crippen molar-refractivity contribution < 1.29 is 14.3 Å². The van der Waals surface area contributed by atoms with E-state index in [0.29, 0.717) is 25.5 Å². The zero-order chi connectivity index (χ0) is 17.2. The second kappa shape index (κ2) is 6.56. The van der Waals surface area contributed by atoms with Crippen LogP contribution < -0.4 is 14.8 Å². The van der Waals surface area contributed by atoms with E-state index in [2.05, 4.69) is 11.4 Å². The van der Waals surface area contributed by atoms with Crippen LogP contribution in [0.2, 0.25) is 0 Å². The first kappa shape index (κ1) is 16.4. The second-order valence-corrected chi connectivity index (χ2v) is 6.66. The molecule has 1 heterocycles. The van der Waals surface area contributed by atoms with Crippen molar-refractivity contribution in [1.82, 2.24) is 5.32 Å². The highest BCUT2D eigenvalue weighted by atomic mass is 16.6. The van der Waals surface area contributed by atoms with E-state index in [1.54, 1.807) is 0 Å². The maximum Gasteiger partial charge on any atom is 0.230 e. The largest absolute Gasteiger partial charge is 0.486 e. The van der Waals surface area contributed by atoms with Crippen LogP contribution in [-0.4, -0.2) is 19.1 Å². The van der Waals surface area contributed by atoms with E-state index in [0.717, 1.165) is 16.9 Å². The van der Waals surface area contributed by atoms with Gasteiger partial charge in [-0.3, -0.25) is 4.79 Å². The van der Waals surface area contributed by atoms with Crippen LogP contribution in [0.1, 0.15) is 30.5 Å². The number of hydrogen-bond donors (Lipinski definition) is 1. The first-order valence-electron chi connectivity index (χ1n) is 8.21. The molecule has 0 saturated heterocycles. The number of amides is 1. The molecule has 1 amide bonds. The van der Waals surface area contributed by atoms with Crippen molar-refractivity contribution in [2.45, 2.75) is 32.7 Å². The molecule has 4 nitrogen and oxygen atoms in total. The van der Waals surface area contributed by atoms with E-state index in [9.17, 15) is 4.79 Å². The minimum absolute atomic E-state index is 0.0133. The van der Waals surface area contributed by atoms with Gasteiger partial charge in [-0.05, 0) is 44.0 Å². The van der Waals surface area contributed by atoms with Crippen molar-refractivity contribution in [2.75, 3.05) is 13.2 Å². The van der Waals surface area contributed by atoms with Gasteiger partial charge in [-0.15, -0.1) is 0 Å². The van der Waals surface area contributed by atoms with E-state index in [1.807, 2.05) is 57.2 Å². The Kier molecular flexibility index (Phi) is 4.47. The number of hydrogen-bond acceptors (Lipinski definition) is 3. The van der Waals surface area contributed by atoms with Gasteiger partial charge in [-0.1, -0.05) is 35.9 Å². The van der Waals surface area contributed by atoms with Crippen LogP contribution in [0.4, 0.5) is 0 Å². The Hall–Kier alpha value is -2.49. The third-order valence-electron chi connectivity index (χ3n) is 4.37. The van der Waals surface area contributed by atoms with Gasteiger partial charge in [0.25, 0.3) is 0 Å². The third kappa shape index (κ3) is 3.37. The summed E-state index contributed by atoms with van der Waals surface area (Å²) in [6.45, 7) is 7.51. The van der Waals surface area contributed by atoms with E-state index in [-0.39, 0.29) is 5.91 Å². The van der Waals surface area contributed by atoms with Crippen LogP contribution in [-0.2, 0) is 16.8 Å². The molecule has 0 aliphatic carbocycles. The maximum atomic E-state index is 12.7. The molecule has 0 atom stereocenters. The molecule has 24 heavy (non-hydrogen) atoms. The van der Waals surface area contributed by atoms with Crippen LogP contribution in [0, 0.1) is 6.92 Å². The lowest BCUT2D eigenvalue weighted by molar-refractivity contribution is -0.125. The van der Waals surface area contributed by atoms with Gasteiger partial charge in [0.2, 0.25) is 5.91 Å². The molecule has 0 bridgehead atoms. The molecule has 4 heteroatoms. The summed E-state index contributed by atoms with van der Waals surface area (Å²) in [4.78, 5) is 12.7. The lowest BCUT2D eigenvalue weighted by Crippen LogP contribution is -2.39. The number of carbonyl (C=O) groups excluding carboxylic acids is 1. The van der Waals surface area contributed by atoms with Gasteiger partial charge < -0.3 is 14.8 Å². The minimum atomic E-state index is -0.653. The lowest BCUT2D eigenvalue weighted by atomic mass is 9.83. The molecule has 1 N–H and O–H groups in total. The molecule has 3 rings (SSSR count). The summed E-state index contributed by atoms with van der Waals surface area (Å²) in [6, 6.07) is 13.9. The van der Waals surface area contributed by atoms with E-state index >= 15 is 0 Å². The number of aryl methyl sites for hydroxylation is 1. The van der Waals surface area contributed by atoms with Gasteiger partial charge in [0.05, 0.1) is 5.41 Å². The van der Waals surface area contributed by atoms with Crippen molar-refractivity contribution in [3.8, 4) is 11.5 Å². The standard InChI is InChI=1S/C20H23NO3/c1-14-5-4-6-15(11-14)13-21-19(22)20(2,3)16-7-8-17-18(12-16)24-10-9-23-17/h4-8,11-12H,9-10,13H2,1-3H3,(H,21,22). The van der Waals surface area contributed by atoms with Gasteiger partial charge in [-0.2, -0.15) is 0 Å². The molecule has 0 fully saturated rings. The number of fused-ring (bicyclic) bond motifs is 1. The zero-order valence-corrected chi connectivity index (χ0v) is 14.4. The normalized spacial score (nSPS) is 13.5. The topological polar surface area (TPSA) is 47.6 Å². The monoisotopic (exact) mass is 325 g/mol. The van der Waals surface area contributed by atoms with Gasteiger partial charge in [0.15, 0.2) is 11.5 Å². The van der Waals surface area contributed by atoms with Crippen molar-refractivity contribution >= 4 is 5.91 Å². The summed E-state index contributed by atoms with van der Waals surface area (Å²) in [6.07, 6.45) is 0. The van der Waals surface area contributed by atoms with Gasteiger partial charge in [0.1, 0.15) is 13.2 Å². The highest BCUT2D eigenvalue weighted by Crippen LogP contribution is 2.35. The van der Waals surface area contributed by atoms with Crippen molar-refractivity contribution in [2.24, 2.45) is 0 Å². The molecule has 0 saturated carbocycles. The quantitative estimate of drug-likeness (QED) is 0.937. The van der Waals surface area contributed by atoms with E-state index < -0.39 is 5.41 Å². The van der Waals surface area contributed by atoms with Crippen LogP contribution >= 0.6 is 0 Å². The number of carbonyl (C=O) groups is 1. The fourth-order valence-corrected chi connectivity index (χ4v) is 2.79. The van der Waals surface area contributed by atoms with Gasteiger partial charge in [0, 0.05) is 6.54 Å². The number of rotatable bonds is 4. The molecule has 126 valence electrons. The highest BCUT2D eigenvalue weighted by Gasteiger charge is 2.31. The Morgan fingerprint density at radius 2 is 1.83 bits per heavy atom. The predicted molar refractivity (Wildman–Crippen MR) is 93.5 cm³/mol. The highest BCUT2D eigenvalue weighted by molar-refractivity contribution is 5.87. The molecule has 1 aliphatic rings. The second-order valence-electron chi connectivity index (χ2n) is 6.66. The lowest BCUT2D eigenvalue weighted by Gasteiger charge is -2.26. The molecule has 2 aromatic rings. The van der Waals surface area contributed by atoms with Crippen LogP contribution in [0.25, 0.3) is 0 Å². The molecule has 0 unspecified atom stereocenters. The predicted octanol–water partition coefficient (Wildman–Crippen LogP) is 3.36. The van der Waals surface area contributed by atoms with Crippen molar-refractivity contribution in [1.29, 1.82) is 0 Å². The molecule has 2 aromatic carbocycles. The van der Waals surface area contributed by atoms with Crippen molar-refractivity contribution in [3.63, 3.8) is 0 Å². The fraction of sp³-hybridized carbons (Fsp3) is 0.350. The zero-order valence-electron chi connectivity index (χ0n) is 14.4. The van der Waals surface area contributed by atoms with Crippen LogP contribution in [0.5, 0.6) is 11.5 Å². The van der Waals surface area contributed by atoms with Crippen LogP contribution in [0.15, 0.2) is 42.5 Å². The summed E-state index contributed by atoms with van der Waals surface area (Å²) >= 11 is 0. The maximum absolute atomic E-state index is 12.7. The molecule has 0 radical (unpaired) electrons. The first-order chi connectivity index (χ1) is 11.5. The van der Waals surface area contributed by atoms with E-state index in [1.165, 1.54) is 5.56 Å². The molecule has 1 aliphatic heterocycles. The Bertz CT molecular complexity index is 752. The Balaban J connectivity index is 1.73. The summed E-state index contributed by atoms with van der Waals surface area (Å²) in [5, 5.41) is 3.03. The summed E-state index contributed by atoms with van der Waals surface area (Å²) in [5.41, 5.74) is 2.54. The Morgan fingerprint density at radius 3 is 2.58 bits per heavy atom. The van der Waals surface area contributed by atoms with E-state index in [4.69, 9.17) is 9.47 Å². The number of benzene rings is 2. The Morgan fingerprint density at radius 1 is 1.08 bits per heavy atom. The summed E-state index contributed by atoms with van der Waals surface area (Å²) < 4.78 is 11.2. The van der Waals surface area contributed by atoms with Crippen molar-refractivity contribution in [3.05, 3.63) is 59.2 Å². The fourth-order valence-electron chi connectivity index (χ4n) is 2.79. The minimum Gasteiger partial charge on any atom is -0.486 e. The summed E-state index contributed by atoms with van der Waals surface area (Å²) in [7, 11) is 0. The van der Waals surface area contributed by atoms with Gasteiger partial charge in [-0.25, -0.2) is 0 Å². The first-order valence-corrected chi connectivity index (χ1v) is 8.21. The average molecular weight is 325 g/mol. The SMILES string of the molecule is Cc1cccc(CNC(=O)C(C)(C)c2ccc3c(c2)OCCO3)c1. The van der Waals surface area contributed by atoms with Gasteiger partial charge >= 0.3 is 0 Å². The summed E-state index contributed by atoms with van der Waals surface area (Å²) in [5.74, 6) is 1.43. The van der Waals surface area contributed by atoms with Crippen LogP contribution in [0.3, 0.4) is 0 Å². The smallest absolute Gasteiger partial charge is 0.230 e. The molecular weight excluding hydrogens is 302 g/mol. The Labute approximate surface area is 142 Å². The average Bonchev–Trinajstić information content (AvgIpc) is 2.59. The number of ether oxygens (including phenoxy) is 2. The molecule has 0 aromatic heterocycles.